The van der Waals surface area contributed by atoms with Crippen molar-refractivity contribution in [1.82, 2.24) is 49.5 Å². The second kappa shape index (κ2) is 51.4. The third-order valence-corrected chi connectivity index (χ3v) is 25.5. The van der Waals surface area contributed by atoms with Crippen LogP contribution in [0.3, 0.4) is 0 Å². The lowest BCUT2D eigenvalue weighted by molar-refractivity contribution is -0.138. The third-order valence-electron chi connectivity index (χ3n) is 25.5. The fraction of sp³-hybridized carbons (Fsp3) is 0.322. The highest BCUT2D eigenvalue weighted by Gasteiger charge is 2.34. The van der Waals surface area contributed by atoms with Crippen molar-refractivity contribution in [2.45, 2.75) is 230 Å². The SMILES string of the molecule is CC(=O)C[C@H](NC(=O)[C@H](CC(C)C)n1cccc(C)c1=O)c1cccc(-c2ccccc2C)c1.CC(=O)C[C@H](NC(=O)[C@H](CC(C)C)n1cnc2ccccc2c1=O)c1cccc(-c2ccccc2C(C)C)c1.CC(=O)C[C@H](NC(=O)[C@H](CC(C)C)n1cnc2ccccc2c1=O)c1cccc(-c2ccccc2C)c1.Cc1ccc(=O)n([C@H](CC(C)C)C(=O)N[C@@H](CC(=O)O)c2cccc(-c3ccccc3C)c2)c1. The molecule has 0 aliphatic carbocycles. The summed E-state index contributed by atoms with van der Waals surface area (Å²) in [5.41, 5.74) is 18.1. The zero-order valence-electron chi connectivity index (χ0n) is 85.9. The maximum absolute atomic E-state index is 13.8. The number of Topliss-reactive ketones (excluding diaryl/α,β-unsaturated/α-hetero) is 3. The number of carbonyl (C=O) groups excluding carboxylic acids is 7. The van der Waals surface area contributed by atoms with Crippen LogP contribution in [0.15, 0.2) is 311 Å². The molecule has 144 heavy (non-hydrogen) atoms. The Bertz CT molecular complexity index is 7030. The number of benzene rings is 10. The number of hydrogen-bond acceptors (Lipinski definition) is 14. The Morgan fingerprint density at radius 1 is 0.312 bits per heavy atom. The van der Waals surface area contributed by atoms with Gasteiger partial charge < -0.3 is 35.5 Å². The molecule has 0 bridgehead atoms. The molecule has 0 radical (unpaired) electrons. The fourth-order valence-electron chi connectivity index (χ4n) is 18.3. The van der Waals surface area contributed by atoms with Crippen LogP contribution < -0.4 is 43.5 Å². The van der Waals surface area contributed by atoms with Crippen molar-refractivity contribution in [1.29, 1.82) is 0 Å². The van der Waals surface area contributed by atoms with Gasteiger partial charge in [-0.25, -0.2) is 9.97 Å². The lowest BCUT2D eigenvalue weighted by Crippen LogP contribution is -2.40. The molecule has 5 N–H and O–H groups in total. The fourth-order valence-corrected chi connectivity index (χ4v) is 18.3. The molecule has 0 aliphatic heterocycles. The van der Waals surface area contributed by atoms with Gasteiger partial charge in [-0.1, -0.05) is 275 Å². The first-order chi connectivity index (χ1) is 68.7. The van der Waals surface area contributed by atoms with E-state index in [0.29, 0.717) is 64.5 Å². The number of aromatic nitrogens is 6. The van der Waals surface area contributed by atoms with E-state index in [2.05, 4.69) is 107 Å². The molecule has 0 fully saturated rings. The summed E-state index contributed by atoms with van der Waals surface area (Å²) in [4.78, 5) is 164. The number of amides is 4. The summed E-state index contributed by atoms with van der Waals surface area (Å²) in [6.07, 6.45) is 8.38. The molecule has 23 nitrogen and oxygen atoms in total. The highest BCUT2D eigenvalue weighted by Crippen LogP contribution is 2.37. The number of rotatable bonds is 37. The van der Waals surface area contributed by atoms with Crippen LogP contribution in [-0.4, -0.2) is 80.3 Å². The van der Waals surface area contributed by atoms with Gasteiger partial charge in [-0.2, -0.15) is 0 Å². The zero-order chi connectivity index (χ0) is 104. The number of pyridine rings is 2. The standard InChI is InChI=1S/C33H37N3O3.C31H33N3O3.C29H34N2O3.C28H32N2O4/c1-21(2)17-31(36-20-34-29-16-9-8-15-28(29)33(36)39)32(38)35-30(18-23(5)37)25-12-10-11-24(19-25)27-14-7-6-13-26(27)22(3)4;1-20(2)16-29(34-19-32-27-15-8-7-14-26(27)31(34)37)30(36)33-28(17-22(4)35)24-12-9-11-23(18-24)25-13-6-5-10-21(25)3;1-19(2)16-27(31-15-9-11-21(4)29(31)34)28(33)30-26(17-22(5)32)24-13-8-12-23(18-24)25-14-7-6-10-20(25)3;1-18(2)14-25(30-17-19(3)12-13-26(30)31)28(34)29-24(16-27(32)33)22-10-7-9-21(15-22)23-11-6-5-8-20(23)4/h6-16,19-22,30-31H,17-18H2,1-5H3,(H,35,38);5-15,18-20,28-29H,16-17H2,1-4H3,(H,33,36);6-15,18-19,26-27H,16-17H2,1-5H3,(H,30,33);5-13,15,17-18,24-25H,14,16H2,1-4H3,(H,29,34)(H,32,33)/t30-,31-;28-,29-;26-,27-;24-,25+/m0000/s1. The molecule has 23 heteroatoms. The van der Waals surface area contributed by atoms with Gasteiger partial charge in [0, 0.05) is 43.3 Å². The van der Waals surface area contributed by atoms with Crippen LogP contribution in [0.25, 0.3) is 66.3 Å². The first-order valence-electron chi connectivity index (χ1n) is 49.6. The van der Waals surface area contributed by atoms with Gasteiger partial charge in [-0.15, -0.1) is 0 Å². The van der Waals surface area contributed by atoms with E-state index in [1.54, 1.807) is 73.9 Å². The lowest BCUT2D eigenvalue weighted by atomic mass is 9.90. The van der Waals surface area contributed by atoms with Gasteiger partial charge in [0.15, 0.2) is 0 Å². The minimum atomic E-state index is -1.01. The van der Waals surface area contributed by atoms with Crippen LogP contribution in [0.5, 0.6) is 0 Å². The van der Waals surface area contributed by atoms with Gasteiger partial charge in [0.05, 0.1) is 65.0 Å². The predicted molar refractivity (Wildman–Crippen MR) is 574 cm³/mol. The first-order valence-corrected chi connectivity index (χ1v) is 49.6. The van der Waals surface area contributed by atoms with Gasteiger partial charge in [-0.3, -0.25) is 66.7 Å². The Hall–Kier alpha value is -15.3. The number of hydrogen-bond donors (Lipinski definition) is 5. The highest BCUT2D eigenvalue weighted by atomic mass is 16.4. The molecular weight excluding hydrogens is 1800 g/mol. The molecule has 748 valence electrons. The van der Waals surface area contributed by atoms with E-state index in [9.17, 15) is 62.6 Å². The number of aryl methyl sites for hydroxylation is 5. The molecule has 0 saturated carbocycles. The van der Waals surface area contributed by atoms with Crippen molar-refractivity contribution in [3.8, 4) is 44.5 Å². The molecule has 4 heterocycles. The number of nitrogens with one attached hydrogen (secondary N) is 4. The van der Waals surface area contributed by atoms with Gasteiger partial charge in [0.2, 0.25) is 23.6 Å². The smallest absolute Gasteiger partial charge is 0.305 e. The number of carbonyl (C=O) groups is 8. The molecule has 10 aromatic carbocycles. The predicted octanol–water partition coefficient (Wildman–Crippen LogP) is 23.0. The van der Waals surface area contributed by atoms with E-state index in [-0.39, 0.29) is 113 Å². The van der Waals surface area contributed by atoms with Crippen molar-refractivity contribution in [2.75, 3.05) is 0 Å². The van der Waals surface area contributed by atoms with Crippen LogP contribution >= 0.6 is 0 Å². The van der Waals surface area contributed by atoms with Gasteiger partial charge >= 0.3 is 5.97 Å². The van der Waals surface area contributed by atoms with E-state index in [0.717, 1.165) is 83.5 Å². The van der Waals surface area contributed by atoms with E-state index < -0.39 is 54.3 Å². The monoisotopic (exact) mass is 1940 g/mol. The van der Waals surface area contributed by atoms with Crippen LogP contribution in [0.2, 0.25) is 0 Å². The van der Waals surface area contributed by atoms with Crippen LogP contribution in [0.4, 0.5) is 0 Å². The van der Waals surface area contributed by atoms with Gasteiger partial charge in [0.1, 0.15) is 41.5 Å². The Balaban J connectivity index is 0.000000183. The van der Waals surface area contributed by atoms with Crippen molar-refractivity contribution in [3.05, 3.63) is 389 Å². The lowest BCUT2D eigenvalue weighted by Gasteiger charge is -2.25. The number of carboxylic acids is 1. The van der Waals surface area contributed by atoms with Crippen LogP contribution in [0, 0.1) is 58.3 Å². The first kappa shape index (κ1) is 109. The molecular formula is C121H136N10O13. The molecule has 0 aliphatic rings. The Morgan fingerprint density at radius 3 is 0.958 bits per heavy atom. The molecule has 4 amide bonds. The van der Waals surface area contributed by atoms with E-state index in [1.807, 2.05) is 227 Å². The summed E-state index contributed by atoms with van der Waals surface area (Å²) in [7, 11) is 0. The highest BCUT2D eigenvalue weighted by molar-refractivity contribution is 5.88. The minimum absolute atomic E-state index is 0.0141. The molecule has 8 atom stereocenters. The summed E-state index contributed by atoms with van der Waals surface area (Å²) in [6, 6.07) is 79.8. The number of para-hydroxylation sites is 2. The van der Waals surface area contributed by atoms with Crippen molar-refractivity contribution in [2.24, 2.45) is 23.7 Å². The third kappa shape index (κ3) is 29.7. The number of nitrogens with zero attached hydrogens (tertiary/aromatic N) is 6. The maximum Gasteiger partial charge on any atom is 0.305 e. The van der Waals surface area contributed by atoms with Gasteiger partial charge in [-0.05, 0) is 260 Å². The maximum atomic E-state index is 13.8. The molecule has 0 saturated heterocycles. The molecule has 14 rings (SSSR count). The van der Waals surface area contributed by atoms with Crippen LogP contribution in [0.1, 0.15) is 251 Å². The van der Waals surface area contributed by atoms with Crippen molar-refractivity contribution >= 4 is 68.8 Å². The van der Waals surface area contributed by atoms with Gasteiger partial charge in [0.25, 0.3) is 22.2 Å². The average molecular weight is 1940 g/mol. The Morgan fingerprint density at radius 2 is 0.618 bits per heavy atom. The van der Waals surface area contributed by atoms with Crippen LogP contribution in [-0.2, 0) is 38.4 Å². The molecule has 0 unspecified atom stereocenters. The average Bonchev–Trinajstić information content (AvgIpc) is 0.788. The number of aliphatic carboxylic acids is 1. The quantitative estimate of drug-likeness (QED) is 0.0242. The minimum Gasteiger partial charge on any atom is -0.481 e. The van der Waals surface area contributed by atoms with E-state index >= 15 is 0 Å². The Labute approximate surface area is 844 Å². The Kier molecular flexibility index (Phi) is 39.0. The second-order valence-electron chi connectivity index (χ2n) is 39.6. The summed E-state index contributed by atoms with van der Waals surface area (Å²) >= 11 is 0. The summed E-state index contributed by atoms with van der Waals surface area (Å²) < 4.78 is 5.82. The number of ketones is 3. The second-order valence-corrected chi connectivity index (χ2v) is 39.6. The number of fused-ring (bicyclic) bond motifs is 2. The largest absolute Gasteiger partial charge is 0.481 e. The van der Waals surface area contributed by atoms with Crippen molar-refractivity contribution < 1.29 is 43.5 Å². The molecule has 14 aromatic rings. The van der Waals surface area contributed by atoms with E-state index in [1.165, 1.54) is 63.3 Å². The van der Waals surface area contributed by atoms with E-state index in [4.69, 9.17) is 0 Å². The van der Waals surface area contributed by atoms with Crippen molar-refractivity contribution in [3.63, 3.8) is 0 Å². The normalized spacial score (nSPS) is 12.9. The summed E-state index contributed by atoms with van der Waals surface area (Å²) in [6.45, 7) is 34.8. The molecule has 4 aromatic heterocycles. The zero-order valence-corrected chi connectivity index (χ0v) is 85.9. The summed E-state index contributed by atoms with van der Waals surface area (Å²) in [5.74, 6) is -1.29. The number of carboxylic acid groups (broad SMARTS) is 1. The summed E-state index contributed by atoms with van der Waals surface area (Å²) in [5, 5.41) is 22.7. The topological polar surface area (TPSA) is 319 Å². The molecule has 0 spiro atoms.